The van der Waals surface area contributed by atoms with Gasteiger partial charge in [-0.15, -0.1) is 0 Å². The lowest BCUT2D eigenvalue weighted by Gasteiger charge is -2.17. The summed E-state index contributed by atoms with van der Waals surface area (Å²) in [6.07, 6.45) is 2.86. The second kappa shape index (κ2) is 10.1. The highest BCUT2D eigenvalue weighted by Crippen LogP contribution is 2.23. The van der Waals surface area contributed by atoms with Crippen molar-refractivity contribution in [3.8, 4) is 11.5 Å². The Morgan fingerprint density at radius 2 is 1.64 bits per heavy atom. The molecule has 0 spiro atoms. The van der Waals surface area contributed by atoms with Gasteiger partial charge in [0, 0.05) is 12.1 Å². The maximum absolute atomic E-state index is 13.2. The standard InChI is InChI=1S/C21H22FNO5/c1-26-17-10-14(11-18(12-17)27-2)4-9-20(24)23-19(13-21(25)28-3)15-5-7-16(22)8-6-15/h4-12,19H,13H2,1-3H3,(H,23,24)/b9-4+. The summed E-state index contributed by atoms with van der Waals surface area (Å²) in [6.45, 7) is 0. The molecule has 0 radical (unpaired) electrons. The van der Waals surface area contributed by atoms with Crippen molar-refractivity contribution < 1.29 is 28.2 Å². The van der Waals surface area contributed by atoms with E-state index in [0.717, 1.165) is 0 Å². The lowest BCUT2D eigenvalue weighted by Crippen LogP contribution is -2.29. The molecule has 6 nitrogen and oxygen atoms in total. The van der Waals surface area contributed by atoms with Crippen molar-refractivity contribution in [2.24, 2.45) is 0 Å². The third-order valence-corrected chi connectivity index (χ3v) is 3.99. The van der Waals surface area contributed by atoms with E-state index < -0.39 is 23.7 Å². The Morgan fingerprint density at radius 1 is 1.04 bits per heavy atom. The van der Waals surface area contributed by atoms with Crippen LogP contribution in [0, 0.1) is 5.82 Å². The molecule has 2 aromatic rings. The minimum absolute atomic E-state index is 0.0747. The van der Waals surface area contributed by atoms with E-state index in [1.54, 1.807) is 24.3 Å². The van der Waals surface area contributed by atoms with Gasteiger partial charge in [-0.1, -0.05) is 12.1 Å². The Labute approximate surface area is 162 Å². The van der Waals surface area contributed by atoms with Gasteiger partial charge >= 0.3 is 5.97 Å². The minimum Gasteiger partial charge on any atom is -0.497 e. The monoisotopic (exact) mass is 387 g/mol. The Bertz CT molecular complexity index is 826. The van der Waals surface area contributed by atoms with Gasteiger partial charge in [0.15, 0.2) is 0 Å². The normalized spacial score (nSPS) is 11.7. The first kappa shape index (κ1) is 21.0. The molecule has 1 unspecified atom stereocenters. The summed E-state index contributed by atoms with van der Waals surface area (Å²) < 4.78 is 28.2. The lowest BCUT2D eigenvalue weighted by atomic mass is 10.0. The van der Waals surface area contributed by atoms with E-state index in [1.165, 1.54) is 51.7 Å². The van der Waals surface area contributed by atoms with Crippen molar-refractivity contribution in [1.82, 2.24) is 5.32 Å². The van der Waals surface area contributed by atoms with Crippen LogP contribution >= 0.6 is 0 Å². The second-order valence-corrected chi connectivity index (χ2v) is 5.87. The molecule has 0 aliphatic heterocycles. The van der Waals surface area contributed by atoms with E-state index in [0.29, 0.717) is 22.6 Å². The maximum atomic E-state index is 13.2. The summed E-state index contributed by atoms with van der Waals surface area (Å²) in [7, 11) is 4.34. The number of carbonyl (C=O) groups excluding carboxylic acids is 2. The number of halogens is 1. The molecule has 0 saturated carbocycles. The van der Waals surface area contributed by atoms with E-state index >= 15 is 0 Å². The molecule has 28 heavy (non-hydrogen) atoms. The van der Waals surface area contributed by atoms with E-state index in [2.05, 4.69) is 10.1 Å². The van der Waals surface area contributed by atoms with Gasteiger partial charge in [0.25, 0.3) is 0 Å². The SMILES string of the molecule is COC(=O)CC(NC(=O)/C=C/c1cc(OC)cc(OC)c1)c1ccc(F)cc1. The molecule has 2 rings (SSSR count). The van der Waals surface area contributed by atoms with Crippen LogP contribution in [-0.2, 0) is 14.3 Å². The third kappa shape index (κ3) is 6.12. The van der Waals surface area contributed by atoms with Gasteiger partial charge in [0.2, 0.25) is 5.91 Å². The number of ether oxygens (including phenoxy) is 3. The molecule has 0 fully saturated rings. The highest BCUT2D eigenvalue weighted by molar-refractivity contribution is 5.92. The van der Waals surface area contributed by atoms with E-state index in [-0.39, 0.29) is 6.42 Å². The number of hydrogen-bond donors (Lipinski definition) is 1. The summed E-state index contributed by atoms with van der Waals surface area (Å²) in [5.41, 5.74) is 1.30. The fourth-order valence-corrected chi connectivity index (χ4v) is 2.51. The molecule has 2 aromatic carbocycles. The van der Waals surface area contributed by atoms with Crippen LogP contribution in [0.2, 0.25) is 0 Å². The van der Waals surface area contributed by atoms with Crippen molar-refractivity contribution in [2.75, 3.05) is 21.3 Å². The Morgan fingerprint density at radius 3 is 2.18 bits per heavy atom. The molecule has 0 aliphatic carbocycles. The van der Waals surface area contributed by atoms with Crippen molar-refractivity contribution in [1.29, 1.82) is 0 Å². The molecule has 1 amide bonds. The predicted octanol–water partition coefficient (Wildman–Crippen LogP) is 3.28. The fourth-order valence-electron chi connectivity index (χ4n) is 2.51. The number of carbonyl (C=O) groups is 2. The number of nitrogens with one attached hydrogen (secondary N) is 1. The van der Waals surface area contributed by atoms with Gasteiger partial charge in [-0.25, -0.2) is 4.39 Å². The van der Waals surface area contributed by atoms with Crippen LogP contribution in [0.25, 0.3) is 6.08 Å². The first-order valence-corrected chi connectivity index (χ1v) is 8.49. The molecule has 148 valence electrons. The van der Waals surface area contributed by atoms with Crippen LogP contribution in [-0.4, -0.2) is 33.2 Å². The molecule has 1 N–H and O–H groups in total. The van der Waals surface area contributed by atoms with E-state index in [1.807, 2.05) is 0 Å². The number of benzene rings is 2. The van der Waals surface area contributed by atoms with E-state index in [4.69, 9.17) is 9.47 Å². The topological polar surface area (TPSA) is 73.9 Å². The first-order valence-electron chi connectivity index (χ1n) is 8.49. The Hall–Kier alpha value is -3.35. The quantitative estimate of drug-likeness (QED) is 0.556. The van der Waals surface area contributed by atoms with Crippen molar-refractivity contribution in [3.63, 3.8) is 0 Å². The zero-order valence-electron chi connectivity index (χ0n) is 15.9. The highest BCUT2D eigenvalue weighted by Gasteiger charge is 2.18. The molecule has 0 heterocycles. The zero-order chi connectivity index (χ0) is 20.5. The third-order valence-electron chi connectivity index (χ3n) is 3.99. The minimum atomic E-state index is -0.648. The van der Waals surface area contributed by atoms with Gasteiger partial charge in [0.1, 0.15) is 17.3 Å². The smallest absolute Gasteiger partial charge is 0.307 e. The molecule has 0 aliphatic rings. The summed E-state index contributed by atoms with van der Waals surface area (Å²) in [5, 5.41) is 2.73. The summed E-state index contributed by atoms with van der Waals surface area (Å²) in [5.74, 6) is -0.126. The van der Waals surface area contributed by atoms with Gasteiger partial charge in [-0.3, -0.25) is 9.59 Å². The molecule has 0 saturated heterocycles. The largest absolute Gasteiger partial charge is 0.497 e. The number of esters is 1. The van der Waals surface area contributed by atoms with Crippen LogP contribution < -0.4 is 14.8 Å². The number of methoxy groups -OCH3 is 3. The lowest BCUT2D eigenvalue weighted by molar-refractivity contribution is -0.141. The van der Waals surface area contributed by atoms with Gasteiger partial charge in [-0.05, 0) is 41.5 Å². The van der Waals surface area contributed by atoms with Crippen LogP contribution in [0.15, 0.2) is 48.5 Å². The average molecular weight is 387 g/mol. The highest BCUT2D eigenvalue weighted by atomic mass is 19.1. The number of amides is 1. The van der Waals surface area contributed by atoms with Gasteiger partial charge in [0.05, 0.1) is 33.8 Å². The summed E-state index contributed by atoms with van der Waals surface area (Å²) >= 11 is 0. The van der Waals surface area contributed by atoms with Crippen molar-refractivity contribution >= 4 is 18.0 Å². The van der Waals surface area contributed by atoms with Crippen LogP contribution in [0.1, 0.15) is 23.6 Å². The number of rotatable bonds is 8. The first-order chi connectivity index (χ1) is 13.4. The van der Waals surface area contributed by atoms with Gasteiger partial charge in [-0.2, -0.15) is 0 Å². The summed E-state index contributed by atoms with van der Waals surface area (Å²) in [6, 6.07) is 10.1. The van der Waals surface area contributed by atoms with Gasteiger partial charge < -0.3 is 19.5 Å². The molecule has 0 aromatic heterocycles. The van der Waals surface area contributed by atoms with Crippen LogP contribution in [0.4, 0.5) is 4.39 Å². The van der Waals surface area contributed by atoms with Crippen molar-refractivity contribution in [3.05, 3.63) is 65.5 Å². The molecule has 0 bridgehead atoms. The number of hydrogen-bond acceptors (Lipinski definition) is 5. The van der Waals surface area contributed by atoms with Crippen LogP contribution in [0.5, 0.6) is 11.5 Å². The van der Waals surface area contributed by atoms with Crippen molar-refractivity contribution in [2.45, 2.75) is 12.5 Å². The summed E-state index contributed by atoms with van der Waals surface area (Å²) in [4.78, 5) is 24.0. The van der Waals surface area contributed by atoms with E-state index in [9.17, 15) is 14.0 Å². The average Bonchev–Trinajstić information content (AvgIpc) is 2.71. The fraction of sp³-hybridized carbons (Fsp3) is 0.238. The Balaban J connectivity index is 2.15. The molecular weight excluding hydrogens is 365 g/mol. The maximum Gasteiger partial charge on any atom is 0.307 e. The molecule has 1 atom stereocenters. The predicted molar refractivity (Wildman–Crippen MR) is 102 cm³/mol. The molecule has 7 heteroatoms. The Kier molecular flexibility index (Phi) is 7.56. The molecular formula is C21H22FNO5. The van der Waals surface area contributed by atoms with Crippen LogP contribution in [0.3, 0.4) is 0 Å². The zero-order valence-corrected chi connectivity index (χ0v) is 15.9. The second-order valence-electron chi connectivity index (χ2n) is 5.87.